The molecular weight excluding hydrogens is 342 g/mol. The van der Waals surface area contributed by atoms with Crippen molar-refractivity contribution in [2.24, 2.45) is 5.41 Å². The Morgan fingerprint density at radius 3 is 1.72 bits per heavy atom. The maximum absolute atomic E-state index is 13.9. The summed E-state index contributed by atoms with van der Waals surface area (Å²) in [7, 11) is 0. The highest BCUT2D eigenvalue weighted by Gasteiger charge is 2.73. The van der Waals surface area contributed by atoms with E-state index in [2.05, 4.69) is 6.58 Å². The Hall–Kier alpha value is -1.98. The molecule has 0 fully saturated rings. The first-order valence-electron chi connectivity index (χ1n) is 7.63. The second kappa shape index (κ2) is 9.49. The quantitative estimate of drug-likeness (QED) is 0.329. The number of rotatable bonds is 7. The molecular formula is C19H22F6. The van der Waals surface area contributed by atoms with E-state index in [-0.39, 0.29) is 0 Å². The third-order valence-corrected chi connectivity index (χ3v) is 3.40. The molecule has 0 spiro atoms. The first-order chi connectivity index (χ1) is 11.5. The van der Waals surface area contributed by atoms with Gasteiger partial charge in [0.15, 0.2) is 0 Å². The molecule has 0 aliphatic rings. The van der Waals surface area contributed by atoms with Crippen LogP contribution in [0.1, 0.15) is 27.2 Å². The highest BCUT2D eigenvalue weighted by molar-refractivity contribution is 5.47. The average molecular weight is 364 g/mol. The molecule has 0 amide bonds. The fraction of sp³-hybridized carbons (Fsp3) is 0.368. The van der Waals surface area contributed by atoms with Gasteiger partial charge in [0.1, 0.15) is 0 Å². The van der Waals surface area contributed by atoms with Gasteiger partial charge >= 0.3 is 12.4 Å². The van der Waals surface area contributed by atoms with Crippen molar-refractivity contribution < 1.29 is 26.3 Å². The van der Waals surface area contributed by atoms with Gasteiger partial charge in [-0.15, -0.1) is 0 Å². The van der Waals surface area contributed by atoms with Gasteiger partial charge in [-0.1, -0.05) is 68.2 Å². The van der Waals surface area contributed by atoms with Crippen LogP contribution in [0, 0.1) is 5.41 Å². The van der Waals surface area contributed by atoms with Crippen molar-refractivity contribution in [3.8, 4) is 0 Å². The SMILES string of the molecule is C=C/C(=C\C=C/CC)C(C(/C=C\C)=C/C=C\C)(C(F)(F)F)C(F)(F)F. The molecule has 6 heteroatoms. The molecule has 0 heterocycles. The monoisotopic (exact) mass is 364 g/mol. The van der Waals surface area contributed by atoms with E-state index in [4.69, 9.17) is 0 Å². The van der Waals surface area contributed by atoms with Crippen LogP contribution in [0.3, 0.4) is 0 Å². The molecule has 0 bridgehead atoms. The number of alkyl halides is 6. The molecule has 0 N–H and O–H groups in total. The topological polar surface area (TPSA) is 0 Å². The van der Waals surface area contributed by atoms with Gasteiger partial charge in [-0.25, -0.2) is 0 Å². The Morgan fingerprint density at radius 1 is 0.840 bits per heavy atom. The zero-order valence-corrected chi connectivity index (χ0v) is 14.4. The highest BCUT2D eigenvalue weighted by Crippen LogP contribution is 2.60. The van der Waals surface area contributed by atoms with Gasteiger partial charge in [0.25, 0.3) is 0 Å². The van der Waals surface area contributed by atoms with E-state index in [1.165, 1.54) is 32.1 Å². The van der Waals surface area contributed by atoms with Gasteiger partial charge in [0, 0.05) is 0 Å². The van der Waals surface area contributed by atoms with Crippen LogP contribution in [0.25, 0.3) is 0 Å². The largest absolute Gasteiger partial charge is 0.411 e. The predicted molar refractivity (Wildman–Crippen MR) is 90.0 cm³/mol. The molecule has 25 heavy (non-hydrogen) atoms. The van der Waals surface area contributed by atoms with E-state index in [9.17, 15) is 26.3 Å². The van der Waals surface area contributed by atoms with Crippen LogP contribution in [-0.2, 0) is 0 Å². The summed E-state index contributed by atoms with van der Waals surface area (Å²) >= 11 is 0. The molecule has 0 rings (SSSR count). The average Bonchev–Trinajstić information content (AvgIpc) is 2.48. The second-order valence-electron chi connectivity index (χ2n) is 5.06. The van der Waals surface area contributed by atoms with Crippen LogP contribution in [0.15, 0.2) is 72.4 Å². The van der Waals surface area contributed by atoms with Crippen LogP contribution < -0.4 is 0 Å². The lowest BCUT2D eigenvalue weighted by atomic mass is 9.71. The summed E-state index contributed by atoms with van der Waals surface area (Å²) in [6.45, 7) is 7.76. The predicted octanol–water partition coefficient (Wildman–Crippen LogP) is 7.25. The third-order valence-electron chi connectivity index (χ3n) is 3.40. The fourth-order valence-corrected chi connectivity index (χ4v) is 2.32. The van der Waals surface area contributed by atoms with Gasteiger partial charge in [0.05, 0.1) is 0 Å². The Kier molecular flexibility index (Phi) is 8.74. The van der Waals surface area contributed by atoms with E-state index in [1.807, 2.05) is 0 Å². The zero-order valence-electron chi connectivity index (χ0n) is 14.4. The molecule has 0 saturated carbocycles. The number of hydrogen-bond acceptors (Lipinski definition) is 0. The summed E-state index contributed by atoms with van der Waals surface area (Å²) in [5.41, 5.74) is -6.08. The molecule has 0 aromatic carbocycles. The fourth-order valence-electron chi connectivity index (χ4n) is 2.32. The van der Waals surface area contributed by atoms with Gasteiger partial charge in [0.2, 0.25) is 5.41 Å². The normalized spacial score (nSPS) is 15.7. The Balaban J connectivity index is 7.12. The minimum atomic E-state index is -5.61. The molecule has 0 aliphatic heterocycles. The van der Waals surface area contributed by atoms with Crippen molar-refractivity contribution in [1.29, 1.82) is 0 Å². The molecule has 0 saturated heterocycles. The summed E-state index contributed by atoms with van der Waals surface area (Å²) in [4.78, 5) is 0. The lowest BCUT2D eigenvalue weighted by Gasteiger charge is -2.39. The van der Waals surface area contributed by atoms with Crippen molar-refractivity contribution in [2.75, 3.05) is 0 Å². The first kappa shape index (κ1) is 23.0. The highest BCUT2D eigenvalue weighted by atomic mass is 19.4. The van der Waals surface area contributed by atoms with Crippen molar-refractivity contribution in [3.63, 3.8) is 0 Å². The Morgan fingerprint density at radius 2 is 1.36 bits per heavy atom. The molecule has 0 radical (unpaired) electrons. The van der Waals surface area contributed by atoms with Crippen molar-refractivity contribution in [1.82, 2.24) is 0 Å². The summed E-state index contributed by atoms with van der Waals surface area (Å²) in [6.07, 6.45) is -1.41. The van der Waals surface area contributed by atoms with Crippen LogP contribution in [0.2, 0.25) is 0 Å². The van der Waals surface area contributed by atoms with Gasteiger partial charge in [-0.2, -0.15) is 26.3 Å². The Labute approximate surface area is 144 Å². The zero-order chi connectivity index (χ0) is 19.7. The Bertz CT molecular complexity index is 566. The van der Waals surface area contributed by atoms with Gasteiger partial charge in [-0.3, -0.25) is 0 Å². The van der Waals surface area contributed by atoms with Crippen LogP contribution >= 0.6 is 0 Å². The van der Waals surface area contributed by atoms with Crippen LogP contribution in [-0.4, -0.2) is 12.4 Å². The maximum Gasteiger partial charge on any atom is 0.411 e. The lowest BCUT2D eigenvalue weighted by Crippen LogP contribution is -2.52. The maximum atomic E-state index is 13.9. The van der Waals surface area contributed by atoms with E-state index in [0.29, 0.717) is 12.5 Å². The molecule has 140 valence electrons. The molecule has 0 nitrogen and oxygen atoms in total. The third kappa shape index (κ3) is 5.00. The standard InChI is InChI=1S/C19H22F6/c1-5-9-11-14-15(8-4)17(18(20,21)22,19(23,24)25)16(12-7-3)13-10-6-2/h6-14H,4-5H2,1-3H3/b10-6-,11-9-,12-7-,15-14+,16-13+. The summed E-state index contributed by atoms with van der Waals surface area (Å²) in [5.74, 6) is 0. The summed E-state index contributed by atoms with van der Waals surface area (Å²) in [5, 5.41) is 0. The van der Waals surface area contributed by atoms with E-state index in [1.54, 1.807) is 6.92 Å². The lowest BCUT2D eigenvalue weighted by molar-refractivity contribution is -0.308. The van der Waals surface area contributed by atoms with Gasteiger partial charge < -0.3 is 0 Å². The van der Waals surface area contributed by atoms with Crippen LogP contribution in [0.5, 0.6) is 0 Å². The molecule has 0 aliphatic carbocycles. The van der Waals surface area contributed by atoms with Crippen molar-refractivity contribution in [3.05, 3.63) is 72.4 Å². The minimum absolute atomic E-state index is 0.474. The van der Waals surface area contributed by atoms with E-state index >= 15 is 0 Å². The van der Waals surface area contributed by atoms with E-state index in [0.717, 1.165) is 30.4 Å². The molecule has 0 aromatic heterocycles. The molecule has 0 aromatic rings. The molecule has 0 atom stereocenters. The first-order valence-corrected chi connectivity index (χ1v) is 7.63. The minimum Gasteiger partial charge on any atom is -0.169 e. The number of allylic oxidation sites excluding steroid dienone is 11. The number of hydrogen-bond donors (Lipinski definition) is 0. The number of halogens is 6. The summed E-state index contributed by atoms with van der Waals surface area (Å²) < 4.78 is 83.3. The van der Waals surface area contributed by atoms with Gasteiger partial charge in [-0.05, 0) is 31.4 Å². The van der Waals surface area contributed by atoms with Crippen molar-refractivity contribution in [2.45, 2.75) is 39.5 Å². The van der Waals surface area contributed by atoms with Crippen molar-refractivity contribution >= 4 is 0 Å². The molecule has 0 unspecified atom stereocenters. The van der Waals surface area contributed by atoms with Crippen LogP contribution in [0.4, 0.5) is 26.3 Å². The second-order valence-corrected chi connectivity index (χ2v) is 5.06. The summed E-state index contributed by atoms with van der Waals surface area (Å²) in [6, 6.07) is 0. The smallest absolute Gasteiger partial charge is 0.169 e. The van der Waals surface area contributed by atoms with E-state index < -0.39 is 28.9 Å².